The van der Waals surface area contributed by atoms with Crippen LogP contribution in [-0.2, 0) is 12.8 Å². The van der Waals surface area contributed by atoms with Crippen molar-refractivity contribution in [2.24, 2.45) is 0 Å². The molecule has 42 heavy (non-hydrogen) atoms. The van der Waals surface area contributed by atoms with E-state index in [1.54, 1.807) is 0 Å². The lowest BCUT2D eigenvalue weighted by atomic mass is 9.90. The molecule has 0 heterocycles. The molecule has 2 N–H and O–H groups in total. The molecule has 2 nitrogen and oxygen atoms in total. The molecule has 1 atom stereocenters. The maximum atomic E-state index is 10.9. The second-order valence-corrected chi connectivity index (χ2v) is 14.7. The monoisotopic (exact) mass is 587 g/mol. The van der Waals surface area contributed by atoms with Crippen molar-refractivity contribution in [1.29, 1.82) is 0 Å². The summed E-state index contributed by atoms with van der Waals surface area (Å²) < 4.78 is 0. The Morgan fingerprint density at radius 1 is 0.429 bits per heavy atom. The maximum Gasteiger partial charge on any atom is 0.0660 e. The minimum atomic E-state index is -0.634. The van der Waals surface area contributed by atoms with Gasteiger partial charge in [0.1, 0.15) is 0 Å². The average molecular weight is 587 g/mol. The molecule has 1 aromatic carbocycles. The van der Waals surface area contributed by atoms with Gasteiger partial charge in [0.05, 0.1) is 11.2 Å². The summed E-state index contributed by atoms with van der Waals surface area (Å²) in [4.78, 5) is 0. The van der Waals surface area contributed by atoms with Crippen LogP contribution in [0.15, 0.2) is 24.3 Å². The number of unbranched alkanes of at least 4 members (excludes halogenated alkanes) is 22. The summed E-state index contributed by atoms with van der Waals surface area (Å²) in [7, 11) is 0. The molecule has 1 aromatic rings. The van der Waals surface area contributed by atoms with E-state index in [0.717, 1.165) is 44.9 Å². The summed E-state index contributed by atoms with van der Waals surface area (Å²) >= 11 is 0. The van der Waals surface area contributed by atoms with Crippen LogP contribution in [0.4, 0.5) is 0 Å². The van der Waals surface area contributed by atoms with Gasteiger partial charge in [0, 0.05) is 6.42 Å². The van der Waals surface area contributed by atoms with Crippen LogP contribution < -0.4 is 0 Å². The largest absolute Gasteiger partial charge is 0.390 e. The van der Waals surface area contributed by atoms with E-state index in [1.807, 2.05) is 20.8 Å². The lowest BCUT2D eigenvalue weighted by molar-refractivity contribution is 0.0474. The molecule has 0 aliphatic rings. The predicted molar refractivity (Wildman–Crippen MR) is 186 cm³/mol. The Balaban J connectivity index is 1.92. The standard InChI is InChI=1S/C40H74O2/c1-5-6-7-8-9-10-11-12-13-14-15-16-17-18-19-20-21-22-23-26-29-37-30-32-38(33-31-37)36-40(4,42)35-28-25-24-27-34-39(2,3)41/h30-33,41-42H,5-29,34-36H2,1-4H3. The Bertz CT molecular complexity index is 699. The zero-order valence-electron chi connectivity index (χ0n) is 29.0. The molecule has 0 aliphatic carbocycles. The predicted octanol–water partition coefficient (Wildman–Crippen LogP) is 12.5. The van der Waals surface area contributed by atoms with Gasteiger partial charge in [-0.15, -0.1) is 0 Å². The molecule has 0 saturated heterocycles. The van der Waals surface area contributed by atoms with Gasteiger partial charge < -0.3 is 10.2 Å². The Morgan fingerprint density at radius 2 is 0.762 bits per heavy atom. The van der Waals surface area contributed by atoms with E-state index in [2.05, 4.69) is 31.2 Å². The minimum absolute atomic E-state index is 0.553. The second kappa shape index (κ2) is 25.5. The maximum absolute atomic E-state index is 10.9. The van der Waals surface area contributed by atoms with Gasteiger partial charge in [-0.1, -0.05) is 179 Å². The van der Waals surface area contributed by atoms with E-state index in [4.69, 9.17) is 0 Å². The molecule has 0 aliphatic heterocycles. The van der Waals surface area contributed by atoms with Gasteiger partial charge in [0.2, 0.25) is 0 Å². The van der Waals surface area contributed by atoms with Crippen molar-refractivity contribution in [2.45, 2.75) is 219 Å². The van der Waals surface area contributed by atoms with Crippen molar-refractivity contribution in [3.8, 4) is 0 Å². The molecule has 1 rings (SSSR count). The van der Waals surface area contributed by atoms with E-state index in [1.165, 1.54) is 146 Å². The van der Waals surface area contributed by atoms with E-state index in [-0.39, 0.29) is 0 Å². The van der Waals surface area contributed by atoms with Crippen molar-refractivity contribution >= 4 is 0 Å². The van der Waals surface area contributed by atoms with Crippen LogP contribution in [-0.4, -0.2) is 21.4 Å². The van der Waals surface area contributed by atoms with Crippen LogP contribution in [0.3, 0.4) is 0 Å². The summed E-state index contributed by atoms with van der Waals surface area (Å²) in [6.07, 6.45) is 36.6. The molecule has 0 spiro atoms. The highest BCUT2D eigenvalue weighted by atomic mass is 16.3. The van der Waals surface area contributed by atoms with E-state index in [0.29, 0.717) is 0 Å². The summed E-state index contributed by atoms with van der Waals surface area (Å²) in [5, 5.41) is 20.7. The molecule has 0 fully saturated rings. The van der Waals surface area contributed by atoms with Crippen LogP contribution in [0, 0.1) is 0 Å². The van der Waals surface area contributed by atoms with Crippen LogP contribution in [0.25, 0.3) is 0 Å². The molecule has 0 bridgehead atoms. The van der Waals surface area contributed by atoms with Crippen LogP contribution in [0.5, 0.6) is 0 Å². The zero-order chi connectivity index (χ0) is 30.8. The third-order valence-corrected chi connectivity index (χ3v) is 9.18. The first-order chi connectivity index (χ1) is 20.2. The molecule has 246 valence electrons. The molecule has 1 unspecified atom stereocenters. The van der Waals surface area contributed by atoms with Crippen molar-refractivity contribution in [2.75, 3.05) is 0 Å². The quantitative estimate of drug-likeness (QED) is 0.0880. The first-order valence-corrected chi connectivity index (χ1v) is 18.7. The van der Waals surface area contributed by atoms with Gasteiger partial charge in [-0.3, -0.25) is 0 Å². The van der Waals surface area contributed by atoms with Gasteiger partial charge in [-0.05, 0) is 57.6 Å². The first-order valence-electron chi connectivity index (χ1n) is 18.7. The van der Waals surface area contributed by atoms with Crippen LogP contribution >= 0.6 is 0 Å². The topological polar surface area (TPSA) is 40.5 Å². The van der Waals surface area contributed by atoms with Gasteiger partial charge in [-0.2, -0.15) is 0 Å². The fourth-order valence-electron chi connectivity index (χ4n) is 6.35. The second-order valence-electron chi connectivity index (χ2n) is 14.7. The fraction of sp³-hybridized carbons (Fsp3) is 0.850. The molecule has 0 saturated carbocycles. The van der Waals surface area contributed by atoms with Crippen LogP contribution in [0.2, 0.25) is 0 Å². The highest BCUT2D eigenvalue weighted by molar-refractivity contribution is 5.23. The third kappa shape index (κ3) is 25.6. The van der Waals surface area contributed by atoms with Gasteiger partial charge >= 0.3 is 0 Å². The number of aliphatic hydroxyl groups is 2. The van der Waals surface area contributed by atoms with Gasteiger partial charge in [0.15, 0.2) is 0 Å². The Morgan fingerprint density at radius 3 is 1.17 bits per heavy atom. The zero-order valence-corrected chi connectivity index (χ0v) is 29.0. The molecule has 0 amide bonds. The Kier molecular flexibility index (Phi) is 23.7. The number of aryl methyl sites for hydroxylation is 1. The minimum Gasteiger partial charge on any atom is -0.390 e. The normalized spacial score (nSPS) is 13.5. The Hall–Kier alpha value is -0.860. The highest BCUT2D eigenvalue weighted by Crippen LogP contribution is 2.23. The lowest BCUT2D eigenvalue weighted by Crippen LogP contribution is -2.27. The van der Waals surface area contributed by atoms with E-state index in [9.17, 15) is 10.2 Å². The van der Waals surface area contributed by atoms with Crippen molar-refractivity contribution in [3.05, 3.63) is 35.4 Å². The Labute approximate surface area is 263 Å². The molecule has 0 aromatic heterocycles. The van der Waals surface area contributed by atoms with Crippen molar-refractivity contribution < 1.29 is 10.2 Å². The van der Waals surface area contributed by atoms with Crippen LogP contribution in [0.1, 0.15) is 206 Å². The summed E-state index contributed by atoms with van der Waals surface area (Å²) in [6, 6.07) is 9.00. The lowest BCUT2D eigenvalue weighted by Gasteiger charge is -2.23. The van der Waals surface area contributed by atoms with E-state index < -0.39 is 11.2 Å². The average Bonchev–Trinajstić information content (AvgIpc) is 2.94. The molecule has 0 radical (unpaired) electrons. The molecule has 2 heteroatoms. The molecular weight excluding hydrogens is 512 g/mol. The van der Waals surface area contributed by atoms with Gasteiger partial charge in [-0.25, -0.2) is 0 Å². The summed E-state index contributed by atoms with van der Waals surface area (Å²) in [5.41, 5.74) is 1.50. The number of hydrogen-bond donors (Lipinski definition) is 2. The number of benzene rings is 1. The number of hydrogen-bond acceptors (Lipinski definition) is 2. The van der Waals surface area contributed by atoms with Crippen molar-refractivity contribution in [3.63, 3.8) is 0 Å². The van der Waals surface area contributed by atoms with E-state index >= 15 is 0 Å². The number of rotatable bonds is 30. The fourth-order valence-corrected chi connectivity index (χ4v) is 6.35. The summed E-state index contributed by atoms with van der Waals surface area (Å²) in [6.45, 7) is 8.04. The highest BCUT2D eigenvalue weighted by Gasteiger charge is 2.20. The first kappa shape index (κ1) is 39.2. The third-order valence-electron chi connectivity index (χ3n) is 9.18. The van der Waals surface area contributed by atoms with Gasteiger partial charge in [0.25, 0.3) is 0 Å². The summed E-state index contributed by atoms with van der Waals surface area (Å²) in [5.74, 6) is 0. The SMILES string of the molecule is CCCCCCCCCCCCCCCCCCCCCCc1ccc(CC(C)(O)CCCCCCC(C)(C)O)cc1. The smallest absolute Gasteiger partial charge is 0.0660 e. The molecular formula is C40H74O2. The van der Waals surface area contributed by atoms with Crippen molar-refractivity contribution in [1.82, 2.24) is 0 Å².